The van der Waals surface area contributed by atoms with Crippen LogP contribution in [0.1, 0.15) is 5.69 Å². The highest BCUT2D eigenvalue weighted by molar-refractivity contribution is 6.33. The van der Waals surface area contributed by atoms with Crippen LogP contribution in [0.5, 0.6) is 0 Å². The van der Waals surface area contributed by atoms with Crippen molar-refractivity contribution in [3.8, 4) is 0 Å². The fourth-order valence-electron chi connectivity index (χ4n) is 1.58. The number of rotatable bonds is 5. The number of imidazole rings is 1. The van der Waals surface area contributed by atoms with Crippen molar-refractivity contribution in [2.24, 2.45) is 0 Å². The normalized spacial score (nSPS) is 10.3. The number of anilines is 1. The first-order valence-electron chi connectivity index (χ1n) is 5.32. The molecule has 2 rings (SSSR count). The van der Waals surface area contributed by atoms with Crippen molar-refractivity contribution in [1.82, 2.24) is 9.97 Å². The molecule has 0 aliphatic carbocycles. The van der Waals surface area contributed by atoms with Crippen LogP contribution >= 0.6 is 11.6 Å². The van der Waals surface area contributed by atoms with E-state index in [1.54, 1.807) is 24.7 Å². The minimum absolute atomic E-state index is 0.0212. The minimum Gasteiger partial charge on any atom is -0.378 e. The van der Waals surface area contributed by atoms with E-state index in [4.69, 9.17) is 11.6 Å². The van der Waals surface area contributed by atoms with Gasteiger partial charge in [-0.25, -0.2) is 4.98 Å². The monoisotopic (exact) mass is 266 g/mol. The van der Waals surface area contributed by atoms with Crippen LogP contribution in [0.4, 0.5) is 11.4 Å². The third-order valence-electron chi connectivity index (χ3n) is 2.44. The van der Waals surface area contributed by atoms with Gasteiger partial charge in [0.2, 0.25) is 0 Å². The third kappa shape index (κ3) is 2.78. The van der Waals surface area contributed by atoms with E-state index in [0.29, 0.717) is 23.7 Å². The van der Waals surface area contributed by atoms with E-state index in [1.807, 2.05) is 0 Å². The van der Waals surface area contributed by atoms with Crippen molar-refractivity contribution in [2.45, 2.75) is 6.42 Å². The summed E-state index contributed by atoms with van der Waals surface area (Å²) in [6, 6.07) is 4.60. The lowest BCUT2D eigenvalue weighted by atomic mass is 10.2. The van der Waals surface area contributed by atoms with Gasteiger partial charge in [0.15, 0.2) is 0 Å². The number of hydrogen-bond donors (Lipinski definition) is 2. The summed E-state index contributed by atoms with van der Waals surface area (Å²) in [5.41, 5.74) is 1.29. The van der Waals surface area contributed by atoms with Gasteiger partial charge >= 0.3 is 0 Å². The van der Waals surface area contributed by atoms with Crippen molar-refractivity contribution < 1.29 is 4.92 Å². The Morgan fingerprint density at radius 1 is 1.50 bits per heavy atom. The lowest BCUT2D eigenvalue weighted by Gasteiger charge is -2.07. The highest BCUT2D eigenvalue weighted by Crippen LogP contribution is 2.31. The molecule has 6 nitrogen and oxygen atoms in total. The summed E-state index contributed by atoms with van der Waals surface area (Å²) < 4.78 is 0. The quantitative estimate of drug-likeness (QED) is 0.644. The number of benzene rings is 1. The maximum Gasteiger partial charge on any atom is 0.293 e. The molecule has 1 heterocycles. The molecular weight excluding hydrogens is 256 g/mol. The molecule has 0 amide bonds. The summed E-state index contributed by atoms with van der Waals surface area (Å²) in [6.45, 7) is 0.534. The summed E-state index contributed by atoms with van der Waals surface area (Å²) in [5.74, 6) is 0. The lowest BCUT2D eigenvalue weighted by molar-refractivity contribution is -0.383. The number of nitrogens with one attached hydrogen (secondary N) is 2. The van der Waals surface area contributed by atoms with E-state index in [1.165, 1.54) is 6.07 Å². The summed E-state index contributed by atoms with van der Waals surface area (Å²) in [4.78, 5) is 17.3. The van der Waals surface area contributed by atoms with Gasteiger partial charge in [0, 0.05) is 30.9 Å². The summed E-state index contributed by atoms with van der Waals surface area (Å²) in [5, 5.41) is 14.2. The minimum atomic E-state index is -0.454. The molecule has 0 bridgehead atoms. The standard InChI is InChI=1S/C11H11ClN4O2/c12-9-2-1-3-10(16(17)18)11(9)14-5-4-8-6-13-7-15-8/h1-3,6-7,14H,4-5H2,(H,13,15). The Kier molecular flexibility index (Phi) is 3.78. The number of aromatic nitrogens is 2. The molecule has 0 atom stereocenters. The number of H-pyrrole nitrogens is 1. The number of hydrogen-bond acceptors (Lipinski definition) is 4. The fourth-order valence-corrected chi connectivity index (χ4v) is 1.82. The fraction of sp³-hybridized carbons (Fsp3) is 0.182. The molecule has 0 radical (unpaired) electrons. The van der Waals surface area contributed by atoms with Crippen molar-refractivity contribution >= 4 is 23.0 Å². The predicted octanol–water partition coefficient (Wildman–Crippen LogP) is 2.63. The average molecular weight is 267 g/mol. The summed E-state index contributed by atoms with van der Waals surface area (Å²) >= 11 is 5.95. The maximum absolute atomic E-state index is 10.9. The first kappa shape index (κ1) is 12.4. The van der Waals surface area contributed by atoms with Crippen LogP contribution in [-0.4, -0.2) is 21.4 Å². The first-order valence-corrected chi connectivity index (χ1v) is 5.70. The van der Waals surface area contributed by atoms with E-state index >= 15 is 0 Å². The van der Waals surface area contributed by atoms with Gasteiger partial charge in [0.25, 0.3) is 5.69 Å². The number of nitro groups is 1. The number of nitrogens with zero attached hydrogens (tertiary/aromatic N) is 2. The van der Waals surface area contributed by atoms with E-state index in [9.17, 15) is 10.1 Å². The van der Waals surface area contributed by atoms with Crippen LogP contribution < -0.4 is 5.32 Å². The van der Waals surface area contributed by atoms with Crippen molar-refractivity contribution in [3.63, 3.8) is 0 Å². The summed E-state index contributed by atoms with van der Waals surface area (Å²) in [6.07, 6.45) is 3.98. The Labute approximate surface area is 108 Å². The molecule has 2 N–H and O–H groups in total. The van der Waals surface area contributed by atoms with Gasteiger partial charge in [-0.05, 0) is 6.07 Å². The van der Waals surface area contributed by atoms with Gasteiger partial charge in [-0.15, -0.1) is 0 Å². The van der Waals surface area contributed by atoms with Gasteiger partial charge in [0.1, 0.15) is 5.69 Å². The molecule has 2 aromatic rings. The molecule has 0 unspecified atom stereocenters. The largest absolute Gasteiger partial charge is 0.378 e. The number of nitro benzene ring substituents is 1. The van der Waals surface area contributed by atoms with Crippen molar-refractivity contribution in [2.75, 3.05) is 11.9 Å². The molecule has 0 spiro atoms. The van der Waals surface area contributed by atoms with Gasteiger partial charge in [-0.1, -0.05) is 17.7 Å². The van der Waals surface area contributed by atoms with Crippen LogP contribution in [0.25, 0.3) is 0 Å². The molecular formula is C11H11ClN4O2. The SMILES string of the molecule is O=[N+]([O-])c1cccc(Cl)c1NCCc1cnc[nH]1. The van der Waals surface area contributed by atoms with E-state index in [2.05, 4.69) is 15.3 Å². The lowest BCUT2D eigenvalue weighted by Crippen LogP contribution is -2.07. The number of para-hydroxylation sites is 1. The Hall–Kier alpha value is -2.08. The second-order valence-corrected chi connectivity index (χ2v) is 4.05. The van der Waals surface area contributed by atoms with Crippen LogP contribution in [0.3, 0.4) is 0 Å². The second-order valence-electron chi connectivity index (χ2n) is 3.64. The molecule has 0 saturated carbocycles. The van der Waals surface area contributed by atoms with Crippen LogP contribution in [0.15, 0.2) is 30.7 Å². The summed E-state index contributed by atoms with van der Waals surface area (Å²) in [7, 11) is 0. The molecule has 94 valence electrons. The highest BCUT2D eigenvalue weighted by Gasteiger charge is 2.15. The topological polar surface area (TPSA) is 83.8 Å². The van der Waals surface area contributed by atoms with E-state index in [-0.39, 0.29) is 5.69 Å². The highest BCUT2D eigenvalue weighted by atomic mass is 35.5. The second kappa shape index (κ2) is 5.50. The predicted molar refractivity (Wildman–Crippen MR) is 68.9 cm³/mol. The van der Waals surface area contributed by atoms with E-state index < -0.39 is 4.92 Å². The Balaban J connectivity index is 2.06. The number of aromatic amines is 1. The number of halogens is 1. The molecule has 0 saturated heterocycles. The molecule has 18 heavy (non-hydrogen) atoms. The zero-order valence-corrected chi connectivity index (χ0v) is 10.1. The molecule has 0 aliphatic rings. The zero-order chi connectivity index (χ0) is 13.0. The van der Waals surface area contributed by atoms with Crippen LogP contribution in [0.2, 0.25) is 5.02 Å². The smallest absolute Gasteiger partial charge is 0.293 e. The Bertz CT molecular complexity index is 542. The van der Waals surface area contributed by atoms with Crippen molar-refractivity contribution in [3.05, 3.63) is 51.6 Å². The molecule has 1 aromatic carbocycles. The molecule has 0 fully saturated rings. The van der Waals surface area contributed by atoms with E-state index in [0.717, 1.165) is 5.69 Å². The van der Waals surface area contributed by atoms with Crippen LogP contribution in [-0.2, 0) is 6.42 Å². The van der Waals surface area contributed by atoms with Crippen LogP contribution in [0, 0.1) is 10.1 Å². The third-order valence-corrected chi connectivity index (χ3v) is 2.75. The zero-order valence-electron chi connectivity index (χ0n) is 9.39. The molecule has 1 aromatic heterocycles. The van der Waals surface area contributed by atoms with Gasteiger partial charge in [-0.2, -0.15) is 0 Å². The van der Waals surface area contributed by atoms with Gasteiger partial charge < -0.3 is 10.3 Å². The maximum atomic E-state index is 10.9. The average Bonchev–Trinajstić information content (AvgIpc) is 2.84. The Morgan fingerprint density at radius 2 is 2.33 bits per heavy atom. The van der Waals surface area contributed by atoms with Gasteiger partial charge in [0.05, 0.1) is 16.3 Å². The Morgan fingerprint density at radius 3 is 3.00 bits per heavy atom. The molecule has 7 heteroatoms. The molecule has 0 aliphatic heterocycles. The van der Waals surface area contributed by atoms with Gasteiger partial charge in [-0.3, -0.25) is 10.1 Å². The van der Waals surface area contributed by atoms with Crippen molar-refractivity contribution in [1.29, 1.82) is 0 Å². The first-order chi connectivity index (χ1) is 8.68.